The molecule has 7 heteroatoms. The van der Waals surface area contributed by atoms with Crippen LogP contribution in [0.4, 0.5) is 4.39 Å². The smallest absolute Gasteiger partial charge is 0.224 e. The SMILES string of the molecule is CN=C(NCCNC(=O)Cc1cccc(F)c1)NCC1Cc2ccccc2O1. The zero-order chi connectivity index (χ0) is 19.8. The second-order valence-corrected chi connectivity index (χ2v) is 6.59. The fourth-order valence-electron chi connectivity index (χ4n) is 3.08. The van der Waals surface area contributed by atoms with Gasteiger partial charge in [-0.1, -0.05) is 30.3 Å². The first kappa shape index (κ1) is 19.7. The summed E-state index contributed by atoms with van der Waals surface area (Å²) in [6.07, 6.45) is 1.10. The van der Waals surface area contributed by atoms with Crippen molar-refractivity contribution in [2.75, 3.05) is 26.7 Å². The molecule has 1 unspecified atom stereocenters. The molecule has 1 aliphatic rings. The molecule has 0 radical (unpaired) electrons. The number of amides is 1. The van der Waals surface area contributed by atoms with Gasteiger partial charge in [0.1, 0.15) is 17.7 Å². The molecule has 1 atom stereocenters. The normalized spacial score (nSPS) is 15.5. The molecule has 0 aromatic heterocycles. The van der Waals surface area contributed by atoms with Crippen LogP contribution in [0.1, 0.15) is 11.1 Å². The molecule has 2 aromatic rings. The van der Waals surface area contributed by atoms with E-state index in [2.05, 4.69) is 27.0 Å². The van der Waals surface area contributed by atoms with Crippen LogP contribution in [0.2, 0.25) is 0 Å². The van der Waals surface area contributed by atoms with Gasteiger partial charge in [-0.25, -0.2) is 4.39 Å². The number of hydrogen-bond acceptors (Lipinski definition) is 3. The van der Waals surface area contributed by atoms with E-state index in [9.17, 15) is 9.18 Å². The number of nitrogens with one attached hydrogen (secondary N) is 3. The number of hydrogen-bond donors (Lipinski definition) is 3. The van der Waals surface area contributed by atoms with Gasteiger partial charge in [0.05, 0.1) is 13.0 Å². The third-order valence-electron chi connectivity index (χ3n) is 4.43. The second kappa shape index (κ2) is 9.73. The van der Waals surface area contributed by atoms with E-state index in [0.29, 0.717) is 31.2 Å². The van der Waals surface area contributed by atoms with Crippen molar-refractivity contribution in [1.82, 2.24) is 16.0 Å². The van der Waals surface area contributed by atoms with E-state index in [-0.39, 0.29) is 24.2 Å². The maximum atomic E-state index is 13.1. The van der Waals surface area contributed by atoms with Crippen LogP contribution < -0.4 is 20.7 Å². The van der Waals surface area contributed by atoms with Gasteiger partial charge < -0.3 is 20.7 Å². The highest BCUT2D eigenvalue weighted by atomic mass is 19.1. The average molecular weight is 384 g/mol. The minimum atomic E-state index is -0.337. The summed E-state index contributed by atoms with van der Waals surface area (Å²) < 4.78 is 19.0. The Morgan fingerprint density at radius 3 is 2.75 bits per heavy atom. The standard InChI is InChI=1S/C21H25FN4O2/c1-23-21(26-14-18-13-16-6-2-3-8-19(16)28-18)25-10-9-24-20(27)12-15-5-4-7-17(22)11-15/h2-8,11,18H,9-10,12-14H2,1H3,(H,24,27)(H2,23,25,26). The zero-order valence-corrected chi connectivity index (χ0v) is 15.9. The lowest BCUT2D eigenvalue weighted by Crippen LogP contribution is -2.44. The Bertz CT molecular complexity index is 816. The summed E-state index contributed by atoms with van der Waals surface area (Å²) in [4.78, 5) is 16.1. The maximum absolute atomic E-state index is 13.1. The molecule has 3 N–H and O–H groups in total. The first-order valence-electron chi connectivity index (χ1n) is 9.34. The summed E-state index contributed by atoms with van der Waals surface area (Å²) in [5.41, 5.74) is 1.87. The van der Waals surface area contributed by atoms with Gasteiger partial charge in [0.25, 0.3) is 0 Å². The molecule has 2 aromatic carbocycles. The highest BCUT2D eigenvalue weighted by molar-refractivity contribution is 5.80. The van der Waals surface area contributed by atoms with Crippen molar-refractivity contribution in [2.24, 2.45) is 4.99 Å². The van der Waals surface area contributed by atoms with E-state index in [4.69, 9.17) is 4.74 Å². The number of nitrogens with zero attached hydrogens (tertiary/aromatic N) is 1. The van der Waals surface area contributed by atoms with Crippen molar-refractivity contribution in [1.29, 1.82) is 0 Å². The molecule has 3 rings (SSSR count). The molecule has 0 saturated heterocycles. The fraction of sp³-hybridized carbons (Fsp3) is 0.333. The van der Waals surface area contributed by atoms with Crippen molar-refractivity contribution < 1.29 is 13.9 Å². The van der Waals surface area contributed by atoms with Crippen molar-refractivity contribution in [3.8, 4) is 5.75 Å². The lowest BCUT2D eigenvalue weighted by atomic mass is 10.1. The van der Waals surface area contributed by atoms with E-state index >= 15 is 0 Å². The molecule has 1 amide bonds. The number of benzene rings is 2. The molecule has 0 aliphatic carbocycles. The van der Waals surface area contributed by atoms with Gasteiger partial charge in [-0.05, 0) is 29.3 Å². The average Bonchev–Trinajstić information content (AvgIpc) is 3.10. The minimum Gasteiger partial charge on any atom is -0.488 e. The van der Waals surface area contributed by atoms with Crippen LogP contribution in [0.5, 0.6) is 5.75 Å². The van der Waals surface area contributed by atoms with Gasteiger partial charge >= 0.3 is 0 Å². The van der Waals surface area contributed by atoms with Gasteiger partial charge in [-0.3, -0.25) is 9.79 Å². The summed E-state index contributed by atoms with van der Waals surface area (Å²) in [5, 5.41) is 9.20. The quantitative estimate of drug-likeness (QED) is 0.386. The van der Waals surface area contributed by atoms with Crippen molar-refractivity contribution in [3.63, 3.8) is 0 Å². The summed E-state index contributed by atoms with van der Waals surface area (Å²) in [5.74, 6) is 1.11. The van der Waals surface area contributed by atoms with Crippen molar-refractivity contribution in [3.05, 3.63) is 65.5 Å². The van der Waals surface area contributed by atoms with Crippen LogP contribution in [0, 0.1) is 5.82 Å². The number of fused-ring (bicyclic) bond motifs is 1. The Labute approximate surface area is 164 Å². The number of para-hydroxylation sites is 1. The number of carbonyl (C=O) groups is 1. The second-order valence-electron chi connectivity index (χ2n) is 6.59. The molecule has 28 heavy (non-hydrogen) atoms. The minimum absolute atomic E-state index is 0.0712. The molecule has 6 nitrogen and oxygen atoms in total. The van der Waals surface area contributed by atoms with Crippen LogP contribution in [0.25, 0.3) is 0 Å². The van der Waals surface area contributed by atoms with Gasteiger partial charge in [-0.2, -0.15) is 0 Å². The molecule has 0 spiro atoms. The number of carbonyl (C=O) groups excluding carboxylic acids is 1. The fourth-order valence-corrected chi connectivity index (χ4v) is 3.08. The third kappa shape index (κ3) is 5.70. The largest absolute Gasteiger partial charge is 0.488 e. The number of halogens is 1. The number of ether oxygens (including phenoxy) is 1. The lowest BCUT2D eigenvalue weighted by Gasteiger charge is -2.15. The van der Waals surface area contributed by atoms with E-state index < -0.39 is 0 Å². The third-order valence-corrected chi connectivity index (χ3v) is 4.43. The van der Waals surface area contributed by atoms with Gasteiger partial charge in [0.2, 0.25) is 5.91 Å². The summed E-state index contributed by atoms with van der Waals surface area (Å²) >= 11 is 0. The number of guanidine groups is 1. The Morgan fingerprint density at radius 1 is 1.14 bits per heavy atom. The summed E-state index contributed by atoms with van der Waals surface area (Å²) in [6, 6.07) is 14.1. The van der Waals surface area contributed by atoms with Gasteiger partial charge in [0, 0.05) is 26.6 Å². The highest BCUT2D eigenvalue weighted by Gasteiger charge is 2.22. The van der Waals surface area contributed by atoms with E-state index in [1.54, 1.807) is 19.2 Å². The zero-order valence-electron chi connectivity index (χ0n) is 15.9. The van der Waals surface area contributed by atoms with Crippen LogP contribution in [-0.2, 0) is 17.6 Å². The van der Waals surface area contributed by atoms with Crippen LogP contribution in [0.3, 0.4) is 0 Å². The molecule has 148 valence electrons. The Morgan fingerprint density at radius 2 is 1.96 bits per heavy atom. The molecule has 0 fully saturated rings. The van der Waals surface area contributed by atoms with E-state index in [0.717, 1.165) is 12.2 Å². The first-order chi connectivity index (χ1) is 13.6. The summed E-state index contributed by atoms with van der Waals surface area (Å²) in [7, 11) is 1.70. The Hall–Kier alpha value is -3.09. The molecular formula is C21H25FN4O2. The van der Waals surface area contributed by atoms with Crippen LogP contribution in [0.15, 0.2) is 53.5 Å². The van der Waals surface area contributed by atoms with Gasteiger partial charge in [-0.15, -0.1) is 0 Å². The molecular weight excluding hydrogens is 359 g/mol. The van der Waals surface area contributed by atoms with Crippen LogP contribution in [-0.4, -0.2) is 44.7 Å². The van der Waals surface area contributed by atoms with Gasteiger partial charge in [0.15, 0.2) is 5.96 Å². The molecule has 1 aliphatic heterocycles. The van der Waals surface area contributed by atoms with Crippen molar-refractivity contribution in [2.45, 2.75) is 18.9 Å². The molecule has 1 heterocycles. The van der Waals surface area contributed by atoms with E-state index in [1.807, 2.05) is 18.2 Å². The summed E-state index contributed by atoms with van der Waals surface area (Å²) in [6.45, 7) is 1.61. The Kier molecular flexibility index (Phi) is 6.84. The predicted molar refractivity (Wildman–Crippen MR) is 107 cm³/mol. The number of aliphatic imine (C=N–C) groups is 1. The monoisotopic (exact) mass is 384 g/mol. The van der Waals surface area contributed by atoms with Crippen molar-refractivity contribution >= 4 is 11.9 Å². The topological polar surface area (TPSA) is 74.8 Å². The maximum Gasteiger partial charge on any atom is 0.224 e. The van der Waals surface area contributed by atoms with E-state index in [1.165, 1.54) is 17.7 Å². The number of rotatable bonds is 7. The Balaban J connectivity index is 1.32. The molecule has 0 saturated carbocycles. The van der Waals surface area contributed by atoms with Crippen LogP contribution >= 0.6 is 0 Å². The first-order valence-corrected chi connectivity index (χ1v) is 9.34. The lowest BCUT2D eigenvalue weighted by molar-refractivity contribution is -0.120. The highest BCUT2D eigenvalue weighted by Crippen LogP contribution is 2.27. The predicted octanol–water partition coefficient (Wildman–Crippen LogP) is 1.65. The molecule has 0 bridgehead atoms.